The molecule has 0 aromatic heterocycles. The summed E-state index contributed by atoms with van der Waals surface area (Å²) in [6.07, 6.45) is 0. The van der Waals surface area contributed by atoms with Crippen LogP contribution in [0.5, 0.6) is 11.5 Å². The first-order valence-corrected chi connectivity index (χ1v) is 9.00. The Balaban J connectivity index is 1.46. The molecule has 3 atom stereocenters. The third-order valence-corrected chi connectivity index (χ3v) is 5.49. The number of ether oxygens (including phenoxy) is 2. The number of nitrogens with one attached hydrogen (secondary N) is 1. The quantitative estimate of drug-likeness (QED) is 0.919. The van der Waals surface area contributed by atoms with E-state index in [4.69, 9.17) is 9.47 Å². The first-order valence-electron chi connectivity index (χ1n) is 9.00. The number of methoxy groups -OCH3 is 1. The van der Waals surface area contributed by atoms with Crippen molar-refractivity contribution in [1.29, 1.82) is 0 Å². The third kappa shape index (κ3) is 3.03. The van der Waals surface area contributed by atoms with Gasteiger partial charge in [-0.2, -0.15) is 0 Å². The number of hydrogen-bond donors (Lipinski definition) is 1. The minimum absolute atomic E-state index is 0.0658. The van der Waals surface area contributed by atoms with Crippen molar-refractivity contribution in [2.75, 3.05) is 27.3 Å². The van der Waals surface area contributed by atoms with Gasteiger partial charge in [0.25, 0.3) is 0 Å². The summed E-state index contributed by atoms with van der Waals surface area (Å²) < 4.78 is 11.2. The van der Waals surface area contributed by atoms with Gasteiger partial charge in [0.15, 0.2) is 0 Å². The summed E-state index contributed by atoms with van der Waals surface area (Å²) in [5.41, 5.74) is 2.22. The van der Waals surface area contributed by atoms with Crippen LogP contribution in [-0.4, -0.2) is 38.1 Å². The van der Waals surface area contributed by atoms with Gasteiger partial charge in [0.2, 0.25) is 5.91 Å². The van der Waals surface area contributed by atoms with Crippen LogP contribution in [0.1, 0.15) is 17.2 Å². The van der Waals surface area contributed by atoms with E-state index in [0.717, 1.165) is 23.6 Å². The molecule has 5 nitrogen and oxygen atoms in total. The van der Waals surface area contributed by atoms with Gasteiger partial charge in [-0.1, -0.05) is 30.3 Å². The molecule has 1 N–H and O–H groups in total. The van der Waals surface area contributed by atoms with Gasteiger partial charge in [-0.15, -0.1) is 0 Å². The zero-order valence-corrected chi connectivity index (χ0v) is 15.1. The lowest BCUT2D eigenvalue weighted by atomic mass is 9.85. The fourth-order valence-corrected chi connectivity index (χ4v) is 4.20. The van der Waals surface area contributed by atoms with Crippen molar-refractivity contribution < 1.29 is 14.3 Å². The second-order valence-electron chi connectivity index (χ2n) is 7.07. The molecule has 1 fully saturated rings. The maximum absolute atomic E-state index is 12.9. The Morgan fingerprint density at radius 1 is 1.27 bits per heavy atom. The molecule has 2 aromatic carbocycles. The predicted octanol–water partition coefficient (Wildman–Crippen LogP) is 2.62. The van der Waals surface area contributed by atoms with E-state index in [1.54, 1.807) is 7.11 Å². The monoisotopic (exact) mass is 352 g/mol. The second-order valence-corrected chi connectivity index (χ2v) is 7.07. The molecule has 1 amide bonds. The number of carbonyl (C=O) groups excluding carboxylic acids is 1. The van der Waals surface area contributed by atoms with Gasteiger partial charge in [0.05, 0.1) is 19.6 Å². The second kappa shape index (κ2) is 7.00. The van der Waals surface area contributed by atoms with Crippen molar-refractivity contribution in [2.45, 2.75) is 12.6 Å². The van der Waals surface area contributed by atoms with Crippen LogP contribution >= 0.6 is 0 Å². The molecule has 0 spiro atoms. The first kappa shape index (κ1) is 16.9. The lowest BCUT2D eigenvalue weighted by molar-refractivity contribution is -0.126. The van der Waals surface area contributed by atoms with Crippen LogP contribution in [0.4, 0.5) is 0 Å². The summed E-state index contributed by atoms with van der Waals surface area (Å²) in [5.74, 6) is 1.95. The van der Waals surface area contributed by atoms with E-state index in [-0.39, 0.29) is 23.8 Å². The highest BCUT2D eigenvalue weighted by Crippen LogP contribution is 2.46. The number of para-hydroxylation sites is 1. The average Bonchev–Trinajstić information content (AvgIpc) is 3.03. The van der Waals surface area contributed by atoms with E-state index in [1.807, 2.05) is 42.5 Å². The van der Waals surface area contributed by atoms with Crippen LogP contribution in [-0.2, 0) is 11.3 Å². The van der Waals surface area contributed by atoms with Gasteiger partial charge in [0.1, 0.15) is 11.5 Å². The van der Waals surface area contributed by atoms with Gasteiger partial charge in [-0.05, 0) is 30.8 Å². The summed E-state index contributed by atoms with van der Waals surface area (Å²) in [6.45, 7) is 1.84. The van der Waals surface area contributed by atoms with Crippen molar-refractivity contribution in [3.05, 3.63) is 59.7 Å². The molecule has 2 aromatic rings. The standard InChI is InChI=1S/C21H24N2O3/c1-23-12-17(18-13-26-19-9-4-3-8-16(19)20(18)23)21(24)22-11-14-6-5-7-15(10-14)25-2/h3-10,17-18,20H,11-13H2,1-2H3,(H,22,24)/t17-,18+,20+/m1/s1. The Hall–Kier alpha value is -2.53. The first-order chi connectivity index (χ1) is 12.7. The van der Waals surface area contributed by atoms with Crippen molar-refractivity contribution in [3.63, 3.8) is 0 Å². The molecule has 26 heavy (non-hydrogen) atoms. The summed E-state index contributed by atoms with van der Waals surface area (Å²) in [6, 6.07) is 16.2. The molecule has 0 aliphatic carbocycles. The maximum Gasteiger partial charge on any atom is 0.225 e. The number of rotatable bonds is 4. The summed E-state index contributed by atoms with van der Waals surface area (Å²) in [7, 11) is 3.74. The molecule has 0 unspecified atom stereocenters. The number of nitrogens with zero attached hydrogens (tertiary/aromatic N) is 1. The van der Waals surface area contributed by atoms with Crippen molar-refractivity contribution in [3.8, 4) is 11.5 Å². The Morgan fingerprint density at radius 2 is 2.12 bits per heavy atom. The molecule has 0 bridgehead atoms. The smallest absolute Gasteiger partial charge is 0.225 e. The molecule has 2 aliphatic rings. The summed E-state index contributed by atoms with van der Waals surface area (Å²) >= 11 is 0. The van der Waals surface area contributed by atoms with Crippen LogP contribution in [0, 0.1) is 11.8 Å². The topological polar surface area (TPSA) is 50.8 Å². The molecule has 5 heteroatoms. The number of hydrogen-bond acceptors (Lipinski definition) is 4. The Kier molecular flexibility index (Phi) is 4.55. The average molecular weight is 352 g/mol. The number of benzene rings is 2. The van der Waals surface area contributed by atoms with Gasteiger partial charge in [-0.3, -0.25) is 9.69 Å². The summed E-state index contributed by atoms with van der Waals surface area (Å²) in [5, 5.41) is 3.09. The zero-order chi connectivity index (χ0) is 18.1. The molecular formula is C21H24N2O3. The highest BCUT2D eigenvalue weighted by atomic mass is 16.5. The fourth-order valence-electron chi connectivity index (χ4n) is 4.20. The Labute approximate surface area is 153 Å². The van der Waals surface area contributed by atoms with Crippen LogP contribution in [0.25, 0.3) is 0 Å². The Morgan fingerprint density at radius 3 is 2.96 bits per heavy atom. The molecule has 136 valence electrons. The Bertz CT molecular complexity index is 807. The van der Waals surface area contributed by atoms with Crippen molar-refractivity contribution in [1.82, 2.24) is 10.2 Å². The van der Waals surface area contributed by atoms with E-state index < -0.39 is 0 Å². The van der Waals surface area contributed by atoms with Crippen LogP contribution in [0.2, 0.25) is 0 Å². The normalized spacial score (nSPS) is 24.3. The molecule has 2 heterocycles. The fraction of sp³-hybridized carbons (Fsp3) is 0.381. The maximum atomic E-state index is 12.9. The lowest BCUT2D eigenvalue weighted by Gasteiger charge is -2.32. The molecular weight excluding hydrogens is 328 g/mol. The summed E-state index contributed by atoms with van der Waals surface area (Å²) in [4.78, 5) is 15.1. The molecule has 0 saturated carbocycles. The number of fused-ring (bicyclic) bond motifs is 3. The van der Waals surface area contributed by atoms with Crippen LogP contribution in [0.3, 0.4) is 0 Å². The largest absolute Gasteiger partial charge is 0.497 e. The predicted molar refractivity (Wildman–Crippen MR) is 99.1 cm³/mol. The number of likely N-dealkylation sites (tertiary alicyclic amines) is 1. The van der Waals surface area contributed by atoms with Crippen LogP contribution in [0.15, 0.2) is 48.5 Å². The van der Waals surface area contributed by atoms with Gasteiger partial charge >= 0.3 is 0 Å². The van der Waals surface area contributed by atoms with Gasteiger partial charge < -0.3 is 14.8 Å². The van der Waals surface area contributed by atoms with E-state index in [9.17, 15) is 4.79 Å². The third-order valence-electron chi connectivity index (χ3n) is 5.49. The molecule has 1 saturated heterocycles. The van der Waals surface area contributed by atoms with E-state index in [0.29, 0.717) is 13.2 Å². The lowest BCUT2D eigenvalue weighted by Crippen LogP contribution is -2.37. The van der Waals surface area contributed by atoms with Crippen molar-refractivity contribution >= 4 is 5.91 Å². The van der Waals surface area contributed by atoms with E-state index in [2.05, 4.69) is 23.3 Å². The van der Waals surface area contributed by atoms with E-state index in [1.165, 1.54) is 5.56 Å². The minimum Gasteiger partial charge on any atom is -0.497 e. The van der Waals surface area contributed by atoms with Gasteiger partial charge in [0, 0.05) is 30.6 Å². The van der Waals surface area contributed by atoms with Gasteiger partial charge in [-0.25, -0.2) is 0 Å². The van der Waals surface area contributed by atoms with Crippen LogP contribution < -0.4 is 14.8 Å². The SMILES string of the molecule is COc1cccc(CNC(=O)[C@@H]2CN(C)[C@H]3c4ccccc4OC[C@@H]23)c1. The minimum atomic E-state index is -0.0658. The molecule has 2 aliphatic heterocycles. The zero-order valence-electron chi connectivity index (χ0n) is 15.1. The molecule has 0 radical (unpaired) electrons. The number of amides is 1. The van der Waals surface area contributed by atoms with Crippen molar-refractivity contribution in [2.24, 2.45) is 11.8 Å². The molecule has 4 rings (SSSR count). The highest BCUT2D eigenvalue weighted by molar-refractivity contribution is 5.80. The van der Waals surface area contributed by atoms with E-state index >= 15 is 0 Å². The highest BCUT2D eigenvalue weighted by Gasteiger charge is 2.47. The number of carbonyl (C=O) groups is 1.